The molecule has 0 radical (unpaired) electrons. The van der Waals surface area contributed by atoms with Crippen LogP contribution in [0.15, 0.2) is 0 Å². The van der Waals surface area contributed by atoms with E-state index in [1.807, 2.05) is 13.8 Å². The van der Waals surface area contributed by atoms with Crippen LogP contribution in [0.25, 0.3) is 0 Å². The fourth-order valence-electron chi connectivity index (χ4n) is 1.09. The van der Waals surface area contributed by atoms with Gasteiger partial charge in [0.25, 0.3) is 0 Å². The van der Waals surface area contributed by atoms with E-state index in [1.165, 1.54) is 0 Å². The molecule has 0 spiro atoms. The average Bonchev–Trinajstić information content (AvgIpc) is 2.25. The highest BCUT2D eigenvalue weighted by molar-refractivity contribution is 7.84. The van der Waals surface area contributed by atoms with Crippen molar-refractivity contribution in [3.05, 3.63) is 0 Å². The molecule has 0 aliphatic heterocycles. The van der Waals surface area contributed by atoms with E-state index in [-0.39, 0.29) is 17.2 Å². The van der Waals surface area contributed by atoms with Gasteiger partial charge in [-0.1, -0.05) is 13.3 Å². The SMILES string of the molecule is CCCCNC(=O)C(C)NCC(C)S(C)=O. The van der Waals surface area contributed by atoms with Gasteiger partial charge in [0.15, 0.2) is 0 Å². The third kappa shape index (κ3) is 6.95. The van der Waals surface area contributed by atoms with Gasteiger partial charge in [-0.05, 0) is 20.3 Å². The molecule has 96 valence electrons. The maximum Gasteiger partial charge on any atom is 0.236 e. The zero-order chi connectivity index (χ0) is 12.6. The molecule has 0 aliphatic rings. The molecular formula is C11H24N2O2S. The lowest BCUT2D eigenvalue weighted by Crippen LogP contribution is -2.45. The molecule has 0 rings (SSSR count). The Morgan fingerprint density at radius 3 is 2.50 bits per heavy atom. The van der Waals surface area contributed by atoms with Crippen molar-refractivity contribution in [1.29, 1.82) is 0 Å². The highest BCUT2D eigenvalue weighted by Crippen LogP contribution is 1.92. The van der Waals surface area contributed by atoms with E-state index in [0.717, 1.165) is 19.4 Å². The van der Waals surface area contributed by atoms with Gasteiger partial charge >= 0.3 is 0 Å². The van der Waals surface area contributed by atoms with Gasteiger partial charge in [0.05, 0.1) is 6.04 Å². The van der Waals surface area contributed by atoms with Gasteiger partial charge < -0.3 is 10.6 Å². The predicted molar refractivity (Wildman–Crippen MR) is 68.9 cm³/mol. The van der Waals surface area contributed by atoms with Crippen molar-refractivity contribution in [2.75, 3.05) is 19.3 Å². The number of unbranched alkanes of at least 4 members (excludes halogenated alkanes) is 1. The topological polar surface area (TPSA) is 58.2 Å². The van der Waals surface area contributed by atoms with E-state index < -0.39 is 10.8 Å². The van der Waals surface area contributed by atoms with Crippen molar-refractivity contribution >= 4 is 16.7 Å². The smallest absolute Gasteiger partial charge is 0.236 e. The summed E-state index contributed by atoms with van der Waals surface area (Å²) in [6, 6.07) is -0.220. The fraction of sp³-hybridized carbons (Fsp3) is 0.909. The monoisotopic (exact) mass is 248 g/mol. The molecule has 3 unspecified atom stereocenters. The summed E-state index contributed by atoms with van der Waals surface area (Å²) >= 11 is 0. The zero-order valence-corrected chi connectivity index (χ0v) is 11.5. The summed E-state index contributed by atoms with van der Waals surface area (Å²) in [5, 5.41) is 6.02. The molecule has 4 nitrogen and oxygen atoms in total. The molecule has 0 saturated carbocycles. The van der Waals surface area contributed by atoms with E-state index >= 15 is 0 Å². The first kappa shape index (κ1) is 15.6. The first-order valence-corrected chi connectivity index (χ1v) is 7.44. The normalized spacial score (nSPS) is 16.5. The molecule has 0 aliphatic carbocycles. The second-order valence-electron chi connectivity index (χ2n) is 4.08. The Labute approximate surface area is 101 Å². The first-order chi connectivity index (χ1) is 7.49. The maximum absolute atomic E-state index is 11.6. The highest BCUT2D eigenvalue weighted by Gasteiger charge is 2.13. The first-order valence-electron chi connectivity index (χ1n) is 5.82. The van der Waals surface area contributed by atoms with Crippen molar-refractivity contribution < 1.29 is 9.00 Å². The third-order valence-corrected chi connectivity index (χ3v) is 3.80. The molecule has 0 bridgehead atoms. The minimum absolute atomic E-state index is 0.0162. The summed E-state index contributed by atoms with van der Waals surface area (Å²) in [4.78, 5) is 11.6. The van der Waals surface area contributed by atoms with Crippen molar-refractivity contribution in [2.24, 2.45) is 0 Å². The van der Waals surface area contributed by atoms with Crippen molar-refractivity contribution in [3.8, 4) is 0 Å². The molecule has 5 heteroatoms. The number of amides is 1. The Kier molecular flexibility index (Phi) is 8.47. The van der Waals surface area contributed by atoms with Crippen LogP contribution in [0.5, 0.6) is 0 Å². The fourth-order valence-corrected chi connectivity index (χ4v) is 1.43. The van der Waals surface area contributed by atoms with Crippen molar-refractivity contribution in [2.45, 2.75) is 44.9 Å². The number of hydrogen-bond donors (Lipinski definition) is 2. The minimum atomic E-state index is -0.841. The average molecular weight is 248 g/mol. The van der Waals surface area contributed by atoms with E-state index in [9.17, 15) is 9.00 Å². The molecular weight excluding hydrogens is 224 g/mol. The summed E-state index contributed by atoms with van der Waals surface area (Å²) in [6.07, 6.45) is 3.76. The summed E-state index contributed by atoms with van der Waals surface area (Å²) in [7, 11) is -0.841. The molecule has 0 aromatic rings. The molecule has 16 heavy (non-hydrogen) atoms. The minimum Gasteiger partial charge on any atom is -0.355 e. The van der Waals surface area contributed by atoms with E-state index in [2.05, 4.69) is 17.6 Å². The number of hydrogen-bond acceptors (Lipinski definition) is 3. The van der Waals surface area contributed by atoms with Crippen molar-refractivity contribution in [3.63, 3.8) is 0 Å². The molecule has 3 atom stereocenters. The molecule has 1 amide bonds. The lowest BCUT2D eigenvalue weighted by molar-refractivity contribution is -0.122. The van der Waals surface area contributed by atoms with Gasteiger partial charge in [-0.25, -0.2) is 0 Å². The van der Waals surface area contributed by atoms with Crippen LogP contribution in [-0.2, 0) is 15.6 Å². The Balaban J connectivity index is 3.74. The van der Waals surface area contributed by atoms with Crippen LogP contribution < -0.4 is 10.6 Å². The van der Waals surface area contributed by atoms with Crippen LogP contribution in [0.3, 0.4) is 0 Å². The molecule has 0 saturated heterocycles. The molecule has 2 N–H and O–H groups in total. The second-order valence-corrected chi connectivity index (χ2v) is 5.89. The third-order valence-electron chi connectivity index (χ3n) is 2.50. The van der Waals surface area contributed by atoms with Gasteiger partial charge in [0.1, 0.15) is 0 Å². The Bertz CT molecular complexity index is 234. The van der Waals surface area contributed by atoms with E-state index in [1.54, 1.807) is 6.26 Å². The lowest BCUT2D eigenvalue weighted by atomic mass is 10.3. The van der Waals surface area contributed by atoms with Gasteiger partial charge in [0.2, 0.25) is 5.91 Å². The van der Waals surface area contributed by atoms with Crippen LogP contribution >= 0.6 is 0 Å². The molecule has 0 heterocycles. The Morgan fingerprint density at radius 1 is 1.38 bits per heavy atom. The number of rotatable bonds is 8. The largest absolute Gasteiger partial charge is 0.355 e. The van der Waals surface area contributed by atoms with E-state index in [0.29, 0.717) is 6.54 Å². The van der Waals surface area contributed by atoms with Crippen LogP contribution in [-0.4, -0.2) is 40.8 Å². The van der Waals surface area contributed by atoms with E-state index in [4.69, 9.17) is 0 Å². The van der Waals surface area contributed by atoms with Gasteiger partial charge in [-0.2, -0.15) is 0 Å². The van der Waals surface area contributed by atoms with Crippen LogP contribution in [0.1, 0.15) is 33.6 Å². The summed E-state index contributed by atoms with van der Waals surface area (Å²) < 4.78 is 11.1. The van der Waals surface area contributed by atoms with Gasteiger partial charge in [-0.3, -0.25) is 9.00 Å². The number of nitrogens with one attached hydrogen (secondary N) is 2. The molecule has 0 fully saturated rings. The summed E-state index contributed by atoms with van der Waals surface area (Å²) in [5.74, 6) is 0.0162. The summed E-state index contributed by atoms with van der Waals surface area (Å²) in [6.45, 7) is 7.16. The maximum atomic E-state index is 11.6. The quantitative estimate of drug-likeness (QED) is 0.620. The van der Waals surface area contributed by atoms with Crippen LogP contribution in [0.2, 0.25) is 0 Å². The summed E-state index contributed by atoms with van der Waals surface area (Å²) in [5.41, 5.74) is 0. The standard InChI is InChI=1S/C11H24N2O2S/c1-5-6-7-12-11(14)10(3)13-8-9(2)16(4)15/h9-10,13H,5-8H2,1-4H3,(H,12,14). The molecule has 0 aromatic carbocycles. The second kappa shape index (κ2) is 8.70. The van der Waals surface area contributed by atoms with Crippen molar-refractivity contribution in [1.82, 2.24) is 10.6 Å². The lowest BCUT2D eigenvalue weighted by Gasteiger charge is -2.16. The highest BCUT2D eigenvalue weighted by atomic mass is 32.2. The van der Waals surface area contributed by atoms with Gasteiger partial charge in [-0.15, -0.1) is 0 Å². The Hall–Kier alpha value is -0.420. The van der Waals surface area contributed by atoms with Crippen LogP contribution in [0.4, 0.5) is 0 Å². The molecule has 0 aromatic heterocycles. The number of carbonyl (C=O) groups excluding carboxylic acids is 1. The van der Waals surface area contributed by atoms with Crippen LogP contribution in [0, 0.1) is 0 Å². The predicted octanol–water partition coefficient (Wildman–Crippen LogP) is 0.648. The number of carbonyl (C=O) groups is 1. The van der Waals surface area contributed by atoms with Gasteiger partial charge in [0, 0.05) is 35.4 Å². The Morgan fingerprint density at radius 2 is 2.00 bits per heavy atom. The zero-order valence-electron chi connectivity index (χ0n) is 10.7.